The van der Waals surface area contributed by atoms with E-state index in [0.717, 1.165) is 28.6 Å². The van der Waals surface area contributed by atoms with Crippen LogP contribution in [0.3, 0.4) is 0 Å². The normalized spacial score (nSPS) is 12.5. The lowest BCUT2D eigenvalue weighted by Crippen LogP contribution is -2.22. The first-order chi connectivity index (χ1) is 10.3. The van der Waals surface area contributed by atoms with Crippen LogP contribution < -0.4 is 5.32 Å². The number of hydrogen-bond donors (Lipinski definition) is 1. The SMILES string of the molecule is CCNC(c1cccc(F)c1)c1cnc2ccccc2c1. The molecule has 0 amide bonds. The third-order valence-electron chi connectivity index (χ3n) is 3.54. The van der Waals surface area contributed by atoms with Gasteiger partial charge in [-0.25, -0.2) is 4.39 Å². The van der Waals surface area contributed by atoms with Gasteiger partial charge in [0.05, 0.1) is 11.6 Å². The molecule has 2 aromatic carbocycles. The molecule has 0 saturated carbocycles. The Kier molecular flexibility index (Phi) is 3.93. The van der Waals surface area contributed by atoms with Crippen LogP contribution in [0.4, 0.5) is 4.39 Å². The van der Waals surface area contributed by atoms with Crippen molar-refractivity contribution in [2.24, 2.45) is 0 Å². The van der Waals surface area contributed by atoms with E-state index >= 15 is 0 Å². The number of aromatic nitrogens is 1. The van der Waals surface area contributed by atoms with Crippen molar-refractivity contribution < 1.29 is 4.39 Å². The van der Waals surface area contributed by atoms with E-state index in [1.165, 1.54) is 6.07 Å². The molecule has 0 radical (unpaired) electrons. The van der Waals surface area contributed by atoms with E-state index in [0.29, 0.717) is 0 Å². The van der Waals surface area contributed by atoms with Crippen molar-refractivity contribution in [3.05, 3.63) is 77.7 Å². The van der Waals surface area contributed by atoms with Gasteiger partial charge in [-0.1, -0.05) is 37.3 Å². The minimum absolute atomic E-state index is 0.0530. The van der Waals surface area contributed by atoms with Gasteiger partial charge in [0.15, 0.2) is 0 Å². The van der Waals surface area contributed by atoms with Gasteiger partial charge in [-0.05, 0) is 41.9 Å². The molecule has 106 valence electrons. The van der Waals surface area contributed by atoms with Gasteiger partial charge < -0.3 is 5.32 Å². The van der Waals surface area contributed by atoms with E-state index in [-0.39, 0.29) is 11.9 Å². The van der Waals surface area contributed by atoms with E-state index in [1.54, 1.807) is 12.1 Å². The minimum atomic E-state index is -0.218. The van der Waals surface area contributed by atoms with Crippen molar-refractivity contribution in [1.82, 2.24) is 10.3 Å². The Bertz CT molecular complexity index is 755. The van der Waals surface area contributed by atoms with Gasteiger partial charge in [-0.15, -0.1) is 0 Å². The topological polar surface area (TPSA) is 24.9 Å². The van der Waals surface area contributed by atoms with E-state index in [1.807, 2.05) is 43.5 Å². The highest BCUT2D eigenvalue weighted by Gasteiger charge is 2.14. The molecule has 0 aliphatic rings. The molecular formula is C18H17FN2. The summed E-state index contributed by atoms with van der Waals surface area (Å²) >= 11 is 0. The number of fused-ring (bicyclic) bond motifs is 1. The van der Waals surface area contributed by atoms with Crippen molar-refractivity contribution in [3.8, 4) is 0 Å². The summed E-state index contributed by atoms with van der Waals surface area (Å²) in [5.41, 5.74) is 2.92. The summed E-state index contributed by atoms with van der Waals surface area (Å²) in [5.74, 6) is -0.218. The molecule has 1 atom stereocenters. The summed E-state index contributed by atoms with van der Waals surface area (Å²) < 4.78 is 13.5. The molecule has 0 spiro atoms. The zero-order valence-electron chi connectivity index (χ0n) is 11.9. The largest absolute Gasteiger partial charge is 0.306 e. The number of halogens is 1. The predicted octanol–water partition coefficient (Wildman–Crippen LogP) is 4.07. The first-order valence-electron chi connectivity index (χ1n) is 7.11. The smallest absolute Gasteiger partial charge is 0.123 e. The van der Waals surface area contributed by atoms with Crippen LogP contribution >= 0.6 is 0 Å². The molecule has 1 aromatic heterocycles. The Morgan fingerprint density at radius 1 is 1.05 bits per heavy atom. The molecule has 0 aliphatic heterocycles. The molecule has 3 heteroatoms. The van der Waals surface area contributed by atoms with Gasteiger partial charge in [0, 0.05) is 11.6 Å². The third kappa shape index (κ3) is 2.93. The number of nitrogens with zero attached hydrogens (tertiary/aromatic N) is 1. The summed E-state index contributed by atoms with van der Waals surface area (Å²) in [6.07, 6.45) is 1.86. The van der Waals surface area contributed by atoms with Gasteiger partial charge in [-0.2, -0.15) is 0 Å². The Balaban J connectivity index is 2.06. The maximum absolute atomic E-state index is 13.5. The average Bonchev–Trinajstić information content (AvgIpc) is 2.52. The fourth-order valence-electron chi connectivity index (χ4n) is 2.56. The van der Waals surface area contributed by atoms with E-state index in [9.17, 15) is 4.39 Å². The van der Waals surface area contributed by atoms with Crippen LogP contribution in [0.1, 0.15) is 24.1 Å². The van der Waals surface area contributed by atoms with Crippen molar-refractivity contribution >= 4 is 10.9 Å². The van der Waals surface area contributed by atoms with Crippen molar-refractivity contribution in [3.63, 3.8) is 0 Å². The molecule has 0 bridgehead atoms. The van der Waals surface area contributed by atoms with Crippen LogP contribution in [-0.4, -0.2) is 11.5 Å². The Labute approximate surface area is 123 Å². The second-order valence-corrected chi connectivity index (χ2v) is 5.01. The highest BCUT2D eigenvalue weighted by atomic mass is 19.1. The van der Waals surface area contributed by atoms with Crippen LogP contribution in [0.15, 0.2) is 60.8 Å². The molecule has 3 rings (SSSR count). The molecular weight excluding hydrogens is 263 g/mol. The highest BCUT2D eigenvalue weighted by molar-refractivity contribution is 5.78. The van der Waals surface area contributed by atoms with Crippen molar-refractivity contribution in [2.75, 3.05) is 6.54 Å². The van der Waals surface area contributed by atoms with Gasteiger partial charge in [-0.3, -0.25) is 4.98 Å². The third-order valence-corrected chi connectivity index (χ3v) is 3.54. The van der Waals surface area contributed by atoms with E-state index < -0.39 is 0 Å². The molecule has 1 heterocycles. The first kappa shape index (κ1) is 13.7. The fourth-order valence-corrected chi connectivity index (χ4v) is 2.56. The van der Waals surface area contributed by atoms with Crippen molar-refractivity contribution in [1.29, 1.82) is 0 Å². The molecule has 21 heavy (non-hydrogen) atoms. The second kappa shape index (κ2) is 6.02. The average molecular weight is 280 g/mol. The van der Waals surface area contributed by atoms with Crippen LogP contribution in [0.25, 0.3) is 10.9 Å². The lowest BCUT2D eigenvalue weighted by Gasteiger charge is -2.19. The van der Waals surface area contributed by atoms with Crippen LogP contribution in [-0.2, 0) is 0 Å². The Morgan fingerprint density at radius 2 is 1.90 bits per heavy atom. The quantitative estimate of drug-likeness (QED) is 0.779. The summed E-state index contributed by atoms with van der Waals surface area (Å²) in [6, 6.07) is 16.8. The Hall–Kier alpha value is -2.26. The molecule has 3 aromatic rings. The summed E-state index contributed by atoms with van der Waals surface area (Å²) in [5, 5.41) is 4.49. The van der Waals surface area contributed by atoms with Crippen LogP contribution in [0.5, 0.6) is 0 Å². The number of nitrogens with one attached hydrogen (secondary N) is 1. The number of para-hydroxylation sites is 1. The van der Waals surface area contributed by atoms with Crippen molar-refractivity contribution in [2.45, 2.75) is 13.0 Å². The predicted molar refractivity (Wildman–Crippen MR) is 83.7 cm³/mol. The fraction of sp³-hybridized carbons (Fsp3) is 0.167. The maximum Gasteiger partial charge on any atom is 0.123 e. The van der Waals surface area contributed by atoms with Crippen LogP contribution in [0.2, 0.25) is 0 Å². The van der Waals surface area contributed by atoms with Gasteiger partial charge in [0.25, 0.3) is 0 Å². The van der Waals surface area contributed by atoms with E-state index in [2.05, 4.69) is 16.4 Å². The molecule has 1 unspecified atom stereocenters. The molecule has 0 saturated heterocycles. The monoisotopic (exact) mass is 280 g/mol. The molecule has 0 aliphatic carbocycles. The number of benzene rings is 2. The minimum Gasteiger partial charge on any atom is -0.306 e. The zero-order chi connectivity index (χ0) is 14.7. The zero-order valence-corrected chi connectivity index (χ0v) is 11.9. The maximum atomic E-state index is 13.5. The standard InChI is InChI=1S/C18H17FN2/c1-2-20-18(14-7-5-8-16(19)11-14)15-10-13-6-3-4-9-17(13)21-12-15/h3-12,18,20H,2H2,1H3. The molecule has 1 N–H and O–H groups in total. The molecule has 2 nitrogen and oxygen atoms in total. The molecule has 0 fully saturated rings. The van der Waals surface area contributed by atoms with Gasteiger partial charge in [0.2, 0.25) is 0 Å². The van der Waals surface area contributed by atoms with Gasteiger partial charge in [0.1, 0.15) is 5.82 Å². The number of pyridine rings is 1. The van der Waals surface area contributed by atoms with Crippen LogP contribution in [0, 0.1) is 5.82 Å². The second-order valence-electron chi connectivity index (χ2n) is 5.01. The lowest BCUT2D eigenvalue weighted by molar-refractivity contribution is 0.602. The summed E-state index contributed by atoms with van der Waals surface area (Å²) in [7, 11) is 0. The highest BCUT2D eigenvalue weighted by Crippen LogP contribution is 2.24. The van der Waals surface area contributed by atoms with E-state index in [4.69, 9.17) is 0 Å². The first-order valence-corrected chi connectivity index (χ1v) is 7.11. The number of rotatable bonds is 4. The summed E-state index contributed by atoms with van der Waals surface area (Å²) in [6.45, 7) is 2.84. The van der Waals surface area contributed by atoms with Gasteiger partial charge >= 0.3 is 0 Å². The Morgan fingerprint density at radius 3 is 2.71 bits per heavy atom. The lowest BCUT2D eigenvalue weighted by atomic mass is 9.98. The summed E-state index contributed by atoms with van der Waals surface area (Å²) in [4.78, 5) is 4.50. The number of hydrogen-bond acceptors (Lipinski definition) is 2.